The SMILES string of the molecule is CN(CCN(C)C(=O)OC(C)(C)C)C(=O)O[C@@H]1[C@@H]2OP(=O)(O)OC[C@H]3O[C@@H](n4cnc5c(NC(=O)c6ccccc6)ncnc54)[C@H](F)[C@@H]3OP(=O)(O)OC[C@H]2O[C@H]1n1cnc2c(NC(=O)c3ccccc3)ncnc21. The molecule has 3 aliphatic rings. The van der Waals surface area contributed by atoms with Crippen LogP contribution in [0.5, 0.6) is 0 Å². The Balaban J connectivity index is 0.988. The predicted molar refractivity (Wildman–Crippen MR) is 255 cm³/mol. The van der Waals surface area contributed by atoms with Gasteiger partial charge in [0.25, 0.3) is 11.8 Å². The van der Waals surface area contributed by atoms with Gasteiger partial charge in [-0.05, 0) is 45.0 Å². The van der Waals surface area contributed by atoms with Gasteiger partial charge in [0.15, 0.2) is 58.7 Å². The fraction of sp³-hybridized carbons (Fsp3) is 0.409. The number of hydrogen-bond donors (Lipinski definition) is 4. The Morgan fingerprint density at radius 1 is 0.693 bits per heavy atom. The van der Waals surface area contributed by atoms with Gasteiger partial charge in [0, 0.05) is 38.3 Å². The lowest BCUT2D eigenvalue weighted by atomic mass is 10.1. The van der Waals surface area contributed by atoms with E-state index >= 15 is 4.39 Å². The molecular weight excluding hydrogens is 1030 g/mol. The van der Waals surface area contributed by atoms with Gasteiger partial charge in [0.05, 0.1) is 25.9 Å². The molecule has 0 saturated carbocycles. The molecule has 3 fully saturated rings. The largest absolute Gasteiger partial charge is 0.472 e. The first-order valence-electron chi connectivity index (χ1n) is 22.9. The molecule has 75 heavy (non-hydrogen) atoms. The minimum Gasteiger partial charge on any atom is -0.444 e. The van der Waals surface area contributed by atoms with Crippen LogP contribution in [0.1, 0.15) is 53.9 Å². The van der Waals surface area contributed by atoms with Gasteiger partial charge in [-0.3, -0.25) is 36.8 Å². The average molecular weight is 1080 g/mol. The number of halogens is 1. The van der Waals surface area contributed by atoms with Crippen LogP contribution in [0.25, 0.3) is 22.3 Å². The van der Waals surface area contributed by atoms with E-state index in [1.807, 2.05) is 0 Å². The van der Waals surface area contributed by atoms with Gasteiger partial charge >= 0.3 is 27.8 Å². The number of carbonyl (C=O) groups is 4. The molecule has 9 rings (SSSR count). The summed E-state index contributed by atoms with van der Waals surface area (Å²) in [5.74, 6) is -1.16. The molecule has 0 radical (unpaired) electrons. The topological polar surface area (TPSA) is 334 Å². The zero-order chi connectivity index (χ0) is 53.4. The van der Waals surface area contributed by atoms with E-state index in [0.29, 0.717) is 11.1 Å². The molecule has 2 aromatic carbocycles. The third-order valence-electron chi connectivity index (χ3n) is 11.7. The highest BCUT2D eigenvalue weighted by molar-refractivity contribution is 7.47. The summed E-state index contributed by atoms with van der Waals surface area (Å²) in [6.07, 6.45) is -12.1. The zero-order valence-corrected chi connectivity index (χ0v) is 42.2. The maximum atomic E-state index is 16.7. The van der Waals surface area contributed by atoms with Gasteiger partial charge in [-0.1, -0.05) is 36.4 Å². The molecular formula is C44H49FN12O16P2. The normalized spacial score (nSPS) is 27.0. The minimum atomic E-state index is -5.40. The van der Waals surface area contributed by atoms with E-state index in [2.05, 4.69) is 40.5 Å². The van der Waals surface area contributed by atoms with E-state index in [1.54, 1.807) is 81.4 Å². The molecule has 398 valence electrons. The third kappa shape index (κ3) is 11.8. The number of hydrogen-bond acceptors (Lipinski definition) is 20. The summed E-state index contributed by atoms with van der Waals surface area (Å²) < 4.78 is 92.4. The van der Waals surface area contributed by atoms with Gasteiger partial charge < -0.3 is 49.2 Å². The Morgan fingerprint density at radius 2 is 1.15 bits per heavy atom. The highest BCUT2D eigenvalue weighted by Gasteiger charge is 2.56. The lowest BCUT2D eigenvalue weighted by Gasteiger charge is -2.30. The van der Waals surface area contributed by atoms with Crippen molar-refractivity contribution in [2.75, 3.05) is 51.0 Å². The molecule has 10 atom stereocenters. The number of benzene rings is 2. The highest BCUT2D eigenvalue weighted by Crippen LogP contribution is 2.54. The second kappa shape index (κ2) is 21.4. The van der Waals surface area contributed by atoms with Crippen molar-refractivity contribution >= 4 is 73.6 Å². The maximum absolute atomic E-state index is 16.7. The number of imidazole rings is 2. The Labute approximate surface area is 424 Å². The number of aromatic nitrogens is 8. The van der Waals surface area contributed by atoms with Crippen LogP contribution in [0.4, 0.5) is 25.6 Å². The van der Waals surface area contributed by atoms with Crippen molar-refractivity contribution in [3.63, 3.8) is 0 Å². The summed E-state index contributed by atoms with van der Waals surface area (Å²) in [5, 5.41) is 5.30. The molecule has 4 N–H and O–H groups in total. The monoisotopic (exact) mass is 1080 g/mol. The maximum Gasteiger partial charge on any atom is 0.472 e. The van der Waals surface area contributed by atoms with E-state index in [9.17, 15) is 38.1 Å². The van der Waals surface area contributed by atoms with Crippen LogP contribution in [-0.2, 0) is 46.2 Å². The van der Waals surface area contributed by atoms with Crippen molar-refractivity contribution in [2.45, 2.75) is 75.5 Å². The Hall–Kier alpha value is -6.91. The number of phosphoric ester groups is 2. The van der Waals surface area contributed by atoms with Crippen LogP contribution in [0, 0.1) is 0 Å². The van der Waals surface area contributed by atoms with E-state index in [4.69, 9.17) is 37.0 Å². The number of nitrogens with one attached hydrogen (secondary N) is 2. The van der Waals surface area contributed by atoms with Crippen molar-refractivity contribution in [1.29, 1.82) is 0 Å². The van der Waals surface area contributed by atoms with Crippen molar-refractivity contribution in [3.05, 3.63) is 97.1 Å². The average Bonchev–Trinajstić information content (AvgIpc) is 4.16. The number of phosphoric acid groups is 2. The van der Waals surface area contributed by atoms with Gasteiger partial charge in [-0.2, -0.15) is 0 Å². The lowest BCUT2D eigenvalue weighted by molar-refractivity contribution is -0.0664. The lowest BCUT2D eigenvalue weighted by Crippen LogP contribution is -2.44. The Morgan fingerprint density at radius 3 is 1.65 bits per heavy atom. The first-order chi connectivity index (χ1) is 35.6. The molecule has 0 aliphatic carbocycles. The number of anilines is 2. The number of nitrogens with zero attached hydrogens (tertiary/aromatic N) is 10. The zero-order valence-electron chi connectivity index (χ0n) is 40.4. The summed E-state index contributed by atoms with van der Waals surface area (Å²) in [5.41, 5.74) is -0.260. The molecule has 28 nitrogen and oxygen atoms in total. The van der Waals surface area contributed by atoms with Crippen molar-refractivity contribution in [3.8, 4) is 0 Å². The smallest absolute Gasteiger partial charge is 0.444 e. The van der Waals surface area contributed by atoms with Crippen LogP contribution >= 0.6 is 15.6 Å². The Kier molecular flexibility index (Phi) is 15.1. The summed E-state index contributed by atoms with van der Waals surface area (Å²) in [6.45, 7) is 2.87. The molecule has 31 heteroatoms. The Bertz CT molecular complexity index is 3190. The quantitative estimate of drug-likeness (QED) is 0.136. The molecule has 4 amide bonds. The number of amides is 4. The molecule has 4 aromatic heterocycles. The predicted octanol–water partition coefficient (Wildman–Crippen LogP) is 4.63. The van der Waals surface area contributed by atoms with Gasteiger partial charge in [-0.25, -0.2) is 53.0 Å². The summed E-state index contributed by atoms with van der Waals surface area (Å²) in [7, 11) is -7.99. The van der Waals surface area contributed by atoms with Gasteiger partial charge in [-0.15, -0.1) is 0 Å². The molecule has 6 aromatic rings. The second-order valence-electron chi connectivity index (χ2n) is 18.1. The first-order valence-corrected chi connectivity index (χ1v) is 25.8. The molecule has 3 aliphatic heterocycles. The van der Waals surface area contributed by atoms with Crippen LogP contribution in [0.3, 0.4) is 0 Å². The number of rotatable bonds is 10. The van der Waals surface area contributed by atoms with Crippen LogP contribution in [0.2, 0.25) is 0 Å². The molecule has 2 unspecified atom stereocenters. The highest BCUT2D eigenvalue weighted by atomic mass is 31.2. The van der Waals surface area contributed by atoms with Crippen molar-refractivity contribution < 1.29 is 79.5 Å². The fourth-order valence-corrected chi connectivity index (χ4v) is 9.94. The van der Waals surface area contributed by atoms with Gasteiger partial charge in [0.1, 0.15) is 42.7 Å². The molecule has 3 saturated heterocycles. The van der Waals surface area contributed by atoms with Gasteiger partial charge in [0.2, 0.25) is 0 Å². The summed E-state index contributed by atoms with van der Waals surface area (Å²) in [4.78, 5) is 103. The van der Waals surface area contributed by atoms with Crippen LogP contribution in [-0.4, -0.2) is 165 Å². The summed E-state index contributed by atoms with van der Waals surface area (Å²) >= 11 is 0. The number of carbonyl (C=O) groups excluding carboxylic acids is 4. The van der Waals surface area contributed by atoms with E-state index in [1.165, 1.54) is 29.9 Å². The third-order valence-corrected chi connectivity index (χ3v) is 13.7. The number of alkyl halides is 1. The van der Waals surface area contributed by atoms with Crippen LogP contribution in [0.15, 0.2) is 86.0 Å². The second-order valence-corrected chi connectivity index (χ2v) is 21.0. The molecule has 7 heterocycles. The van der Waals surface area contributed by atoms with Crippen molar-refractivity contribution in [2.24, 2.45) is 0 Å². The molecule has 0 bridgehead atoms. The first kappa shape index (κ1) is 52.9. The molecule has 0 spiro atoms. The summed E-state index contributed by atoms with van der Waals surface area (Å²) in [6, 6.07) is 16.4. The fourth-order valence-electron chi connectivity index (χ4n) is 8.03. The minimum absolute atomic E-state index is 0.0101. The van der Waals surface area contributed by atoms with Crippen molar-refractivity contribution in [1.82, 2.24) is 48.8 Å². The number of likely N-dealkylation sites (N-methyl/N-ethyl adjacent to an activating group) is 2. The standard InChI is InChI=1S/C44H49FN12O16P2/c1-44(2,3)71-43(61)55(5)17-16-54(4)42(60)70-33-32-27(69-41(33)57-23-51-30-35(47-21-49-37(30)57)53-39(59)25-14-10-7-11-15-25)19-67-74(62,63)72-31-26(18-66-75(64,65)73-32)68-40(28(31)45)56-22-50-29-34(46-20-48-36(29)56)52-38(58)24-12-8-6-9-13-24/h6-15,20-23,26-28,31-33,40-41H,16-19H2,1-5H3,(H,62,63)(H,64,65)(H,46,48,52,58)(H,47,49,53,59)/t26-,27-,28-,31-,32-,33-,40-,41-/m1/s1. The van der Waals surface area contributed by atoms with E-state index in [-0.39, 0.29) is 47.1 Å². The number of ether oxygens (including phenoxy) is 4. The van der Waals surface area contributed by atoms with E-state index < -0.39 is 108 Å². The van der Waals surface area contributed by atoms with Crippen LogP contribution < -0.4 is 10.6 Å². The number of fused-ring (bicyclic) bond motifs is 4. The van der Waals surface area contributed by atoms with E-state index in [0.717, 1.165) is 28.4 Å².